The van der Waals surface area contributed by atoms with Crippen molar-refractivity contribution in [2.24, 2.45) is 0 Å². The number of sulfonamides is 1. The molecule has 1 saturated heterocycles. The van der Waals surface area contributed by atoms with Gasteiger partial charge >= 0.3 is 0 Å². The van der Waals surface area contributed by atoms with E-state index in [1.54, 1.807) is 12.1 Å². The average Bonchev–Trinajstić information content (AvgIpc) is 2.76. The van der Waals surface area contributed by atoms with Gasteiger partial charge in [-0.05, 0) is 31.0 Å². The predicted octanol–water partition coefficient (Wildman–Crippen LogP) is 1.18. The van der Waals surface area contributed by atoms with Gasteiger partial charge < -0.3 is 10.8 Å². The monoisotopic (exact) mass is 334 g/mol. The van der Waals surface area contributed by atoms with Crippen LogP contribution in [0.4, 0.5) is 5.69 Å². The maximum Gasteiger partial charge on any atom is 0.245 e. The molecule has 100 valence electrons. The molecule has 1 aliphatic heterocycles. The fourth-order valence-corrected chi connectivity index (χ4v) is 4.35. The van der Waals surface area contributed by atoms with Crippen LogP contribution in [0.5, 0.6) is 0 Å². The standard InChI is InChI=1S/C11H15BrN2O3S/c12-8-3-4-11(10(13)6-8)18(16,17)14-5-1-2-9(14)7-15/h3-4,6,9,15H,1-2,5,7,13H2. The van der Waals surface area contributed by atoms with Crippen molar-refractivity contribution in [1.29, 1.82) is 0 Å². The fourth-order valence-electron chi connectivity index (χ4n) is 2.19. The van der Waals surface area contributed by atoms with Crippen LogP contribution in [0.1, 0.15) is 12.8 Å². The summed E-state index contributed by atoms with van der Waals surface area (Å²) in [5, 5.41) is 9.22. The van der Waals surface area contributed by atoms with Crippen molar-refractivity contribution in [3.8, 4) is 0 Å². The second kappa shape index (κ2) is 5.16. The first-order chi connectivity index (χ1) is 8.46. The number of anilines is 1. The Kier molecular flexibility index (Phi) is 3.96. The number of hydrogen-bond donors (Lipinski definition) is 2. The van der Waals surface area contributed by atoms with Crippen LogP contribution in [-0.2, 0) is 10.0 Å². The van der Waals surface area contributed by atoms with Crippen LogP contribution in [0, 0.1) is 0 Å². The number of halogens is 1. The highest BCUT2D eigenvalue weighted by Crippen LogP contribution is 2.30. The molecule has 1 atom stereocenters. The molecule has 0 radical (unpaired) electrons. The molecule has 1 heterocycles. The second-order valence-corrected chi connectivity index (χ2v) is 7.05. The van der Waals surface area contributed by atoms with Gasteiger partial charge in [-0.3, -0.25) is 0 Å². The van der Waals surface area contributed by atoms with E-state index in [1.165, 1.54) is 10.4 Å². The summed E-state index contributed by atoms with van der Waals surface area (Å²) in [4.78, 5) is 0.103. The number of benzene rings is 1. The smallest absolute Gasteiger partial charge is 0.245 e. The molecule has 18 heavy (non-hydrogen) atoms. The van der Waals surface area contributed by atoms with Crippen LogP contribution < -0.4 is 5.73 Å². The molecule has 1 aromatic rings. The zero-order valence-electron chi connectivity index (χ0n) is 9.71. The van der Waals surface area contributed by atoms with Gasteiger partial charge in [0.05, 0.1) is 12.3 Å². The lowest BCUT2D eigenvalue weighted by Crippen LogP contribution is -2.37. The van der Waals surface area contributed by atoms with Crippen molar-refractivity contribution in [2.45, 2.75) is 23.8 Å². The molecule has 1 fully saturated rings. The van der Waals surface area contributed by atoms with Crippen LogP contribution in [-0.4, -0.2) is 37.0 Å². The zero-order chi connectivity index (χ0) is 13.3. The minimum atomic E-state index is -3.62. The number of nitrogen functional groups attached to an aromatic ring is 1. The van der Waals surface area contributed by atoms with Gasteiger partial charge in [0.25, 0.3) is 0 Å². The molecule has 3 N–H and O–H groups in total. The van der Waals surface area contributed by atoms with Gasteiger partial charge in [-0.25, -0.2) is 8.42 Å². The van der Waals surface area contributed by atoms with Gasteiger partial charge in [0.2, 0.25) is 10.0 Å². The van der Waals surface area contributed by atoms with Crippen molar-refractivity contribution in [3.63, 3.8) is 0 Å². The molecular weight excluding hydrogens is 320 g/mol. The first-order valence-corrected chi connectivity index (χ1v) is 7.88. The Morgan fingerprint density at radius 2 is 2.22 bits per heavy atom. The fraction of sp³-hybridized carbons (Fsp3) is 0.455. The third-order valence-corrected chi connectivity index (χ3v) is 5.61. The van der Waals surface area contributed by atoms with Crippen LogP contribution in [0.2, 0.25) is 0 Å². The number of hydrogen-bond acceptors (Lipinski definition) is 4. The Hall–Kier alpha value is -0.630. The lowest BCUT2D eigenvalue weighted by Gasteiger charge is -2.23. The molecule has 0 bridgehead atoms. The summed E-state index contributed by atoms with van der Waals surface area (Å²) in [6.07, 6.45) is 1.45. The van der Waals surface area contributed by atoms with Gasteiger partial charge in [0, 0.05) is 17.1 Å². The highest BCUT2D eigenvalue weighted by molar-refractivity contribution is 9.10. The van der Waals surface area contributed by atoms with Crippen molar-refractivity contribution in [3.05, 3.63) is 22.7 Å². The summed E-state index contributed by atoms with van der Waals surface area (Å²) in [7, 11) is -3.62. The molecule has 5 nitrogen and oxygen atoms in total. The number of nitrogens with zero attached hydrogens (tertiary/aromatic N) is 1. The maximum absolute atomic E-state index is 12.5. The van der Waals surface area contributed by atoms with Crippen molar-refractivity contribution < 1.29 is 13.5 Å². The summed E-state index contributed by atoms with van der Waals surface area (Å²) < 4.78 is 27.0. The Bertz CT molecular complexity index is 547. The highest BCUT2D eigenvalue weighted by Gasteiger charge is 2.35. The molecule has 0 aromatic heterocycles. The third-order valence-electron chi connectivity index (χ3n) is 3.09. The van der Waals surface area contributed by atoms with E-state index in [4.69, 9.17) is 5.73 Å². The molecule has 0 spiro atoms. The summed E-state index contributed by atoms with van der Waals surface area (Å²) in [6.45, 7) is 0.277. The molecule has 0 aliphatic carbocycles. The van der Waals surface area contributed by atoms with E-state index in [1.807, 2.05) is 0 Å². The average molecular weight is 335 g/mol. The number of rotatable bonds is 3. The predicted molar refractivity (Wildman–Crippen MR) is 72.6 cm³/mol. The molecule has 7 heteroatoms. The minimum absolute atomic E-state index is 0.103. The van der Waals surface area contributed by atoms with Crippen LogP contribution >= 0.6 is 15.9 Å². The van der Waals surface area contributed by atoms with Gasteiger partial charge in [0.15, 0.2) is 0 Å². The largest absolute Gasteiger partial charge is 0.398 e. The first kappa shape index (κ1) is 13.8. The highest BCUT2D eigenvalue weighted by atomic mass is 79.9. The molecule has 1 aliphatic rings. The topological polar surface area (TPSA) is 83.6 Å². The Labute approximate surface area is 115 Å². The molecule has 1 aromatic carbocycles. The van der Waals surface area contributed by atoms with Crippen molar-refractivity contribution in [1.82, 2.24) is 4.31 Å². The Morgan fingerprint density at radius 3 is 2.83 bits per heavy atom. The van der Waals surface area contributed by atoms with Gasteiger partial charge in [-0.2, -0.15) is 4.31 Å². The summed E-state index contributed by atoms with van der Waals surface area (Å²) in [6, 6.07) is 4.36. The number of aliphatic hydroxyl groups excluding tert-OH is 1. The number of nitrogens with two attached hydrogens (primary N) is 1. The van der Waals surface area contributed by atoms with Gasteiger partial charge in [-0.15, -0.1) is 0 Å². The Balaban J connectivity index is 2.42. The van der Waals surface area contributed by atoms with E-state index in [9.17, 15) is 13.5 Å². The van der Waals surface area contributed by atoms with E-state index < -0.39 is 10.0 Å². The van der Waals surface area contributed by atoms with Crippen molar-refractivity contribution in [2.75, 3.05) is 18.9 Å². The molecule has 0 amide bonds. The van der Waals surface area contributed by atoms with E-state index in [0.717, 1.165) is 10.9 Å². The second-order valence-electron chi connectivity index (χ2n) is 4.28. The minimum Gasteiger partial charge on any atom is -0.398 e. The first-order valence-electron chi connectivity index (χ1n) is 5.64. The quantitative estimate of drug-likeness (QED) is 0.813. The van der Waals surface area contributed by atoms with Gasteiger partial charge in [-0.1, -0.05) is 15.9 Å². The van der Waals surface area contributed by atoms with E-state index in [-0.39, 0.29) is 23.2 Å². The van der Waals surface area contributed by atoms with E-state index in [2.05, 4.69) is 15.9 Å². The molecule has 2 rings (SSSR count). The summed E-state index contributed by atoms with van der Waals surface area (Å²) >= 11 is 3.24. The maximum atomic E-state index is 12.5. The Morgan fingerprint density at radius 1 is 1.50 bits per heavy atom. The lowest BCUT2D eigenvalue weighted by atomic mass is 10.2. The normalized spacial score (nSPS) is 21.3. The third kappa shape index (κ3) is 2.40. The summed E-state index contributed by atoms with van der Waals surface area (Å²) in [5.74, 6) is 0. The van der Waals surface area contributed by atoms with E-state index >= 15 is 0 Å². The van der Waals surface area contributed by atoms with Crippen molar-refractivity contribution >= 4 is 31.6 Å². The molecule has 1 unspecified atom stereocenters. The number of aliphatic hydroxyl groups is 1. The van der Waals surface area contributed by atoms with Crippen LogP contribution in [0.25, 0.3) is 0 Å². The van der Waals surface area contributed by atoms with Gasteiger partial charge in [0.1, 0.15) is 4.90 Å². The van der Waals surface area contributed by atoms with Crippen LogP contribution in [0.3, 0.4) is 0 Å². The molecule has 0 saturated carbocycles. The lowest BCUT2D eigenvalue weighted by molar-refractivity contribution is 0.213. The van der Waals surface area contributed by atoms with E-state index in [0.29, 0.717) is 13.0 Å². The zero-order valence-corrected chi connectivity index (χ0v) is 12.1. The SMILES string of the molecule is Nc1cc(Br)ccc1S(=O)(=O)N1CCCC1CO. The van der Waals surface area contributed by atoms with Crippen LogP contribution in [0.15, 0.2) is 27.6 Å². The summed E-state index contributed by atoms with van der Waals surface area (Å²) in [5.41, 5.74) is 5.98. The molecular formula is C11H15BrN2O3S.